The molecule has 0 aromatic carbocycles. The lowest BCUT2D eigenvalue weighted by molar-refractivity contribution is 0.771. The summed E-state index contributed by atoms with van der Waals surface area (Å²) in [7, 11) is 0. The van der Waals surface area contributed by atoms with Gasteiger partial charge in [0.25, 0.3) is 0 Å². The minimum Gasteiger partial charge on any atom is -0.126 e. The molecular formula is C9H16. The van der Waals surface area contributed by atoms with Gasteiger partial charge in [-0.15, -0.1) is 5.73 Å². The zero-order valence-electron chi connectivity index (χ0n) is 6.86. The summed E-state index contributed by atoms with van der Waals surface area (Å²) >= 11 is 0. The highest BCUT2D eigenvalue weighted by Gasteiger charge is 1.91. The van der Waals surface area contributed by atoms with Crippen LogP contribution in [-0.2, 0) is 0 Å². The molecule has 0 spiro atoms. The minimum atomic E-state index is 0.646. The van der Waals surface area contributed by atoms with Crippen LogP contribution in [0.5, 0.6) is 0 Å². The summed E-state index contributed by atoms with van der Waals surface area (Å²) < 4.78 is 0. The standard InChI is InChI=1S/C9H16/c1-5-6-7-9(4)8(2)3/h6,8H,5H2,1-4H3. The monoisotopic (exact) mass is 124 g/mol. The minimum absolute atomic E-state index is 0.646. The van der Waals surface area contributed by atoms with Crippen LogP contribution >= 0.6 is 0 Å². The highest BCUT2D eigenvalue weighted by Crippen LogP contribution is 2.04. The van der Waals surface area contributed by atoms with E-state index in [-0.39, 0.29) is 0 Å². The van der Waals surface area contributed by atoms with Crippen LogP contribution in [0.25, 0.3) is 0 Å². The van der Waals surface area contributed by atoms with Crippen molar-refractivity contribution in [3.63, 3.8) is 0 Å². The molecule has 0 aromatic heterocycles. The first-order chi connectivity index (χ1) is 4.18. The van der Waals surface area contributed by atoms with Gasteiger partial charge < -0.3 is 0 Å². The van der Waals surface area contributed by atoms with E-state index in [4.69, 9.17) is 0 Å². The molecule has 0 nitrogen and oxygen atoms in total. The normalized spacial score (nSPS) is 9.00. The first-order valence-electron chi connectivity index (χ1n) is 3.60. The van der Waals surface area contributed by atoms with Gasteiger partial charge in [0.05, 0.1) is 0 Å². The molecule has 0 radical (unpaired) electrons. The summed E-state index contributed by atoms with van der Waals surface area (Å²) in [6.45, 7) is 8.62. The Morgan fingerprint density at radius 1 is 1.56 bits per heavy atom. The maximum absolute atomic E-state index is 3.22. The molecule has 0 N–H and O–H groups in total. The van der Waals surface area contributed by atoms with Crippen molar-refractivity contribution >= 4 is 0 Å². The Labute approximate surface area is 58.3 Å². The predicted molar refractivity (Wildman–Crippen MR) is 42.4 cm³/mol. The van der Waals surface area contributed by atoms with Crippen LogP contribution < -0.4 is 0 Å². The molecule has 0 saturated carbocycles. The Bertz CT molecular complexity index is 123. The maximum Gasteiger partial charge on any atom is -0.0187 e. The van der Waals surface area contributed by atoms with E-state index in [2.05, 4.69) is 39.5 Å². The van der Waals surface area contributed by atoms with Crippen molar-refractivity contribution in [1.29, 1.82) is 0 Å². The molecule has 0 aliphatic carbocycles. The third-order valence-electron chi connectivity index (χ3n) is 1.40. The van der Waals surface area contributed by atoms with Crippen molar-refractivity contribution in [2.45, 2.75) is 34.1 Å². The Morgan fingerprint density at radius 2 is 2.11 bits per heavy atom. The van der Waals surface area contributed by atoms with E-state index in [1.54, 1.807) is 0 Å². The molecule has 0 aliphatic rings. The summed E-state index contributed by atoms with van der Waals surface area (Å²) in [4.78, 5) is 0. The Balaban J connectivity index is 3.98. The van der Waals surface area contributed by atoms with E-state index in [1.165, 1.54) is 5.57 Å². The lowest BCUT2D eigenvalue weighted by Crippen LogP contribution is -1.84. The molecule has 0 heterocycles. The molecule has 0 aromatic rings. The van der Waals surface area contributed by atoms with Crippen LogP contribution in [0.15, 0.2) is 17.4 Å². The van der Waals surface area contributed by atoms with Crippen LogP contribution in [0.4, 0.5) is 0 Å². The van der Waals surface area contributed by atoms with Crippen LogP contribution in [-0.4, -0.2) is 0 Å². The fraction of sp³-hybridized carbons (Fsp3) is 0.667. The number of allylic oxidation sites excluding steroid dienone is 1. The third kappa shape index (κ3) is 4.05. The highest BCUT2D eigenvalue weighted by atomic mass is 14.0. The smallest absolute Gasteiger partial charge is 0.0187 e. The summed E-state index contributed by atoms with van der Waals surface area (Å²) in [6.07, 6.45) is 3.17. The van der Waals surface area contributed by atoms with E-state index in [0.717, 1.165) is 6.42 Å². The largest absolute Gasteiger partial charge is 0.126 e. The molecule has 52 valence electrons. The van der Waals surface area contributed by atoms with Gasteiger partial charge in [-0.1, -0.05) is 20.8 Å². The molecule has 0 unspecified atom stereocenters. The van der Waals surface area contributed by atoms with Gasteiger partial charge in [0, 0.05) is 0 Å². The van der Waals surface area contributed by atoms with Gasteiger partial charge in [-0.05, 0) is 30.9 Å². The second-order valence-corrected chi connectivity index (χ2v) is 2.59. The first kappa shape index (κ1) is 8.52. The average Bonchev–Trinajstić information content (AvgIpc) is 1.82. The third-order valence-corrected chi connectivity index (χ3v) is 1.40. The van der Waals surface area contributed by atoms with E-state index >= 15 is 0 Å². The van der Waals surface area contributed by atoms with Crippen LogP contribution in [0.3, 0.4) is 0 Å². The van der Waals surface area contributed by atoms with E-state index in [1.807, 2.05) is 0 Å². The first-order valence-corrected chi connectivity index (χ1v) is 3.60. The summed E-state index contributed by atoms with van der Waals surface area (Å²) in [6, 6.07) is 0. The number of hydrogen-bond donors (Lipinski definition) is 0. The Morgan fingerprint density at radius 3 is 2.44 bits per heavy atom. The van der Waals surface area contributed by atoms with E-state index in [0.29, 0.717) is 5.92 Å². The van der Waals surface area contributed by atoms with Gasteiger partial charge in [0.1, 0.15) is 0 Å². The van der Waals surface area contributed by atoms with Crippen molar-refractivity contribution in [1.82, 2.24) is 0 Å². The van der Waals surface area contributed by atoms with Crippen molar-refractivity contribution in [2.24, 2.45) is 5.92 Å². The lowest BCUT2D eigenvalue weighted by Gasteiger charge is -1.98. The average molecular weight is 124 g/mol. The van der Waals surface area contributed by atoms with Gasteiger partial charge >= 0.3 is 0 Å². The zero-order valence-corrected chi connectivity index (χ0v) is 6.86. The molecular weight excluding hydrogens is 108 g/mol. The van der Waals surface area contributed by atoms with Gasteiger partial charge in [-0.25, -0.2) is 0 Å². The second-order valence-electron chi connectivity index (χ2n) is 2.59. The summed E-state index contributed by atoms with van der Waals surface area (Å²) in [5.41, 5.74) is 4.57. The van der Waals surface area contributed by atoms with Crippen LogP contribution in [0, 0.1) is 5.92 Å². The molecule has 0 bridgehead atoms. The summed E-state index contributed by atoms with van der Waals surface area (Å²) in [5, 5.41) is 0. The number of hydrogen-bond acceptors (Lipinski definition) is 0. The summed E-state index contributed by atoms with van der Waals surface area (Å²) in [5.74, 6) is 0.646. The van der Waals surface area contributed by atoms with E-state index < -0.39 is 0 Å². The van der Waals surface area contributed by atoms with Crippen LogP contribution in [0.2, 0.25) is 0 Å². The molecule has 9 heavy (non-hydrogen) atoms. The van der Waals surface area contributed by atoms with Crippen molar-refractivity contribution < 1.29 is 0 Å². The predicted octanol–water partition coefficient (Wildman–Crippen LogP) is 3.15. The van der Waals surface area contributed by atoms with Crippen molar-refractivity contribution in [3.05, 3.63) is 17.4 Å². The van der Waals surface area contributed by atoms with Gasteiger partial charge in [0.15, 0.2) is 0 Å². The molecule has 0 heteroatoms. The molecule has 0 fully saturated rings. The van der Waals surface area contributed by atoms with E-state index in [9.17, 15) is 0 Å². The fourth-order valence-electron chi connectivity index (χ4n) is 0.430. The van der Waals surface area contributed by atoms with Crippen molar-refractivity contribution in [3.8, 4) is 0 Å². The zero-order chi connectivity index (χ0) is 7.28. The second kappa shape index (κ2) is 4.40. The fourth-order valence-corrected chi connectivity index (χ4v) is 0.430. The Hall–Kier alpha value is -0.480. The molecule has 0 atom stereocenters. The maximum atomic E-state index is 3.22. The lowest BCUT2D eigenvalue weighted by atomic mass is 10.1. The quantitative estimate of drug-likeness (QED) is 0.496. The Kier molecular flexibility index (Phi) is 4.17. The molecule has 0 rings (SSSR count). The SMILES string of the molecule is CCC=C=C(C)C(C)C. The molecule has 0 amide bonds. The van der Waals surface area contributed by atoms with Crippen LogP contribution in [0.1, 0.15) is 34.1 Å². The van der Waals surface area contributed by atoms with Gasteiger partial charge in [0.2, 0.25) is 0 Å². The topological polar surface area (TPSA) is 0 Å². The van der Waals surface area contributed by atoms with Crippen molar-refractivity contribution in [2.75, 3.05) is 0 Å². The molecule has 0 aliphatic heterocycles. The highest BCUT2D eigenvalue weighted by molar-refractivity contribution is 5.00. The number of rotatable bonds is 2. The van der Waals surface area contributed by atoms with Gasteiger partial charge in [-0.2, -0.15) is 0 Å². The van der Waals surface area contributed by atoms with Gasteiger partial charge in [-0.3, -0.25) is 0 Å². The molecule has 0 saturated heterocycles.